The highest BCUT2D eigenvalue weighted by Crippen LogP contribution is 2.27. The zero-order valence-corrected chi connectivity index (χ0v) is 15.7. The van der Waals surface area contributed by atoms with Gasteiger partial charge in [0, 0.05) is 25.0 Å². The largest absolute Gasteiger partial charge is 0.376 e. The van der Waals surface area contributed by atoms with Crippen molar-refractivity contribution in [2.75, 3.05) is 18.2 Å². The zero-order valence-electron chi connectivity index (χ0n) is 15.7. The molecule has 0 unspecified atom stereocenters. The number of hydrogen-bond acceptors (Lipinski definition) is 6. The number of carbonyl (C=O) groups is 1. The second-order valence-corrected chi connectivity index (χ2v) is 6.90. The van der Waals surface area contributed by atoms with E-state index in [-0.39, 0.29) is 17.7 Å². The summed E-state index contributed by atoms with van der Waals surface area (Å²) in [7, 11) is 0. The Bertz CT molecular complexity index is 950. The molecular weight excluding hydrogens is 372 g/mol. The lowest BCUT2D eigenvalue weighted by molar-refractivity contribution is -0.384. The predicted molar refractivity (Wildman–Crippen MR) is 109 cm³/mol. The lowest BCUT2D eigenvalue weighted by Gasteiger charge is -2.12. The second-order valence-electron chi connectivity index (χ2n) is 6.90. The molecule has 1 amide bonds. The van der Waals surface area contributed by atoms with Crippen LogP contribution in [0.3, 0.4) is 0 Å². The molecule has 8 heteroatoms. The Hall–Kier alpha value is -3.39. The van der Waals surface area contributed by atoms with Crippen molar-refractivity contribution in [1.82, 2.24) is 0 Å². The molecule has 0 N–H and O–H groups in total. The third-order valence-electron chi connectivity index (χ3n) is 4.94. The Morgan fingerprint density at radius 3 is 2.62 bits per heavy atom. The van der Waals surface area contributed by atoms with Gasteiger partial charge in [-0.05, 0) is 30.5 Å². The third kappa shape index (κ3) is 4.07. The van der Waals surface area contributed by atoms with Crippen LogP contribution in [0, 0.1) is 16.0 Å². The molecule has 0 spiro atoms. The van der Waals surface area contributed by atoms with Gasteiger partial charge in [-0.25, -0.2) is 0 Å². The minimum absolute atomic E-state index is 0.0395. The van der Waals surface area contributed by atoms with Gasteiger partial charge in [0.2, 0.25) is 0 Å². The second kappa shape index (κ2) is 8.32. The van der Waals surface area contributed by atoms with E-state index >= 15 is 0 Å². The summed E-state index contributed by atoms with van der Waals surface area (Å²) in [6.07, 6.45) is 3.75. The molecule has 2 aromatic rings. The maximum absolute atomic E-state index is 13.1. The third-order valence-corrected chi connectivity index (χ3v) is 4.94. The fourth-order valence-corrected chi connectivity index (χ4v) is 3.42. The van der Waals surface area contributed by atoms with E-state index in [0.717, 1.165) is 25.0 Å². The van der Waals surface area contributed by atoms with Gasteiger partial charge in [0.25, 0.3) is 11.6 Å². The minimum Gasteiger partial charge on any atom is -0.376 e. The number of aliphatic imine (C=N–C) groups is 1. The maximum atomic E-state index is 13.1. The highest BCUT2D eigenvalue weighted by atomic mass is 16.6. The Morgan fingerprint density at radius 2 is 1.97 bits per heavy atom. The zero-order chi connectivity index (χ0) is 20.2. The summed E-state index contributed by atoms with van der Waals surface area (Å²) in [5.74, 6) is -0.859. The van der Waals surface area contributed by atoms with E-state index in [1.165, 1.54) is 29.3 Å². The van der Waals surface area contributed by atoms with Crippen molar-refractivity contribution in [1.29, 1.82) is 0 Å². The van der Waals surface area contributed by atoms with E-state index < -0.39 is 10.8 Å². The first-order valence-corrected chi connectivity index (χ1v) is 9.47. The molecule has 0 bridgehead atoms. The number of hydrazone groups is 1. The van der Waals surface area contributed by atoms with Gasteiger partial charge in [-0.2, -0.15) is 10.1 Å². The van der Waals surface area contributed by atoms with E-state index in [1.807, 2.05) is 30.3 Å². The van der Waals surface area contributed by atoms with E-state index in [2.05, 4.69) is 10.1 Å². The van der Waals surface area contributed by atoms with Crippen LogP contribution in [0.25, 0.3) is 0 Å². The van der Waals surface area contributed by atoms with Crippen molar-refractivity contribution >= 4 is 29.2 Å². The number of carbonyl (C=O) groups excluding carboxylic acids is 1. The SMILES string of the molecule is O=C1[C@H](C=NC[C@H]2CCCO2)C(c2ccccc2)=NN1c1ccc([N+](=O)[O-])cc1. The van der Waals surface area contributed by atoms with Crippen molar-refractivity contribution < 1.29 is 14.5 Å². The number of nitro groups is 1. The van der Waals surface area contributed by atoms with Gasteiger partial charge >= 0.3 is 0 Å². The van der Waals surface area contributed by atoms with Crippen LogP contribution in [0.1, 0.15) is 18.4 Å². The Balaban J connectivity index is 1.61. The standard InChI is InChI=1S/C21H20N4O4/c26-21-19(14-22-13-18-7-4-12-29-18)20(15-5-2-1-3-6-15)23-24(21)16-8-10-17(11-9-16)25(27)28/h1-3,5-6,8-11,14,18-19H,4,7,12-13H2/t18-,19-/m1/s1. The molecule has 2 atom stereocenters. The number of anilines is 1. The smallest absolute Gasteiger partial charge is 0.269 e. The first-order valence-electron chi connectivity index (χ1n) is 9.47. The predicted octanol–water partition coefficient (Wildman–Crippen LogP) is 3.21. The Morgan fingerprint density at radius 1 is 1.21 bits per heavy atom. The highest BCUT2D eigenvalue weighted by Gasteiger charge is 2.36. The van der Waals surface area contributed by atoms with Gasteiger partial charge < -0.3 is 4.74 Å². The number of nitro benzene ring substituents is 1. The molecular formula is C21H20N4O4. The number of amides is 1. The molecule has 8 nitrogen and oxygen atoms in total. The Kier molecular flexibility index (Phi) is 5.44. The summed E-state index contributed by atoms with van der Waals surface area (Å²) in [5.41, 5.74) is 1.87. The van der Waals surface area contributed by atoms with Gasteiger partial charge in [0.05, 0.1) is 29.0 Å². The van der Waals surface area contributed by atoms with Crippen molar-refractivity contribution in [3.8, 4) is 0 Å². The molecule has 0 saturated carbocycles. The van der Waals surface area contributed by atoms with Gasteiger partial charge in [0.15, 0.2) is 0 Å². The fourth-order valence-electron chi connectivity index (χ4n) is 3.42. The van der Waals surface area contributed by atoms with Crippen LogP contribution in [-0.4, -0.2) is 42.0 Å². The summed E-state index contributed by atoms with van der Waals surface area (Å²) in [6.45, 7) is 1.27. The molecule has 148 valence electrons. The van der Waals surface area contributed by atoms with Gasteiger partial charge in [-0.15, -0.1) is 0 Å². The molecule has 4 rings (SSSR count). The molecule has 2 aliphatic rings. The van der Waals surface area contributed by atoms with Crippen molar-refractivity contribution in [3.05, 3.63) is 70.3 Å². The van der Waals surface area contributed by atoms with Crippen LogP contribution in [0.2, 0.25) is 0 Å². The molecule has 2 heterocycles. The summed E-state index contributed by atoms with van der Waals surface area (Å²) in [5, 5.41) is 16.7. The van der Waals surface area contributed by atoms with E-state index in [1.54, 1.807) is 6.21 Å². The van der Waals surface area contributed by atoms with Crippen LogP contribution in [0.4, 0.5) is 11.4 Å². The molecule has 0 radical (unpaired) electrons. The number of hydrogen-bond donors (Lipinski definition) is 0. The maximum Gasteiger partial charge on any atom is 0.269 e. The van der Waals surface area contributed by atoms with Crippen molar-refractivity contribution in [2.45, 2.75) is 18.9 Å². The highest BCUT2D eigenvalue weighted by molar-refractivity contribution is 6.29. The lowest BCUT2D eigenvalue weighted by Crippen LogP contribution is -2.29. The quantitative estimate of drug-likeness (QED) is 0.428. The van der Waals surface area contributed by atoms with Crippen LogP contribution >= 0.6 is 0 Å². The molecule has 1 saturated heterocycles. The van der Waals surface area contributed by atoms with Gasteiger partial charge in [0.1, 0.15) is 5.92 Å². The van der Waals surface area contributed by atoms with Crippen LogP contribution in [0.5, 0.6) is 0 Å². The first kappa shape index (κ1) is 18.9. The van der Waals surface area contributed by atoms with Gasteiger partial charge in [-0.3, -0.25) is 19.9 Å². The number of benzene rings is 2. The number of ether oxygens (including phenoxy) is 1. The van der Waals surface area contributed by atoms with Crippen LogP contribution in [0.15, 0.2) is 64.7 Å². The molecule has 0 aromatic heterocycles. The van der Waals surface area contributed by atoms with E-state index in [4.69, 9.17) is 4.74 Å². The number of non-ortho nitro benzene ring substituents is 1. The summed E-state index contributed by atoms with van der Waals surface area (Å²) >= 11 is 0. The molecule has 1 fully saturated rings. The lowest BCUT2D eigenvalue weighted by atomic mass is 9.98. The first-order chi connectivity index (χ1) is 14.1. The minimum atomic E-state index is -0.617. The van der Waals surface area contributed by atoms with Gasteiger partial charge in [-0.1, -0.05) is 30.3 Å². The van der Waals surface area contributed by atoms with Crippen LogP contribution < -0.4 is 5.01 Å². The topological polar surface area (TPSA) is 97.4 Å². The molecule has 2 aliphatic heterocycles. The number of rotatable bonds is 6. The average Bonchev–Trinajstić information content (AvgIpc) is 3.37. The molecule has 0 aliphatic carbocycles. The number of nitrogens with zero attached hydrogens (tertiary/aromatic N) is 4. The Labute approximate surface area is 167 Å². The monoisotopic (exact) mass is 392 g/mol. The summed E-state index contributed by atoms with van der Waals surface area (Å²) in [4.78, 5) is 28.0. The summed E-state index contributed by atoms with van der Waals surface area (Å²) in [6, 6.07) is 15.2. The average molecular weight is 392 g/mol. The fraction of sp³-hybridized carbons (Fsp3) is 0.286. The normalized spacial score (nSPS) is 21.7. The van der Waals surface area contributed by atoms with E-state index in [9.17, 15) is 14.9 Å². The molecule has 29 heavy (non-hydrogen) atoms. The molecule has 2 aromatic carbocycles. The van der Waals surface area contributed by atoms with Crippen molar-refractivity contribution in [3.63, 3.8) is 0 Å². The summed E-state index contributed by atoms with van der Waals surface area (Å²) < 4.78 is 5.58. The van der Waals surface area contributed by atoms with Crippen LogP contribution in [-0.2, 0) is 9.53 Å². The van der Waals surface area contributed by atoms with E-state index in [0.29, 0.717) is 17.9 Å². The van der Waals surface area contributed by atoms with Crippen molar-refractivity contribution in [2.24, 2.45) is 16.0 Å².